The standard InChI is InChI=1S/C26H34OSi/c1-7-19-27-25-22(26(4,5)6)15-12-16-24(25)28(8-2,9-3)23-18-17-20-13-10-11-14-21(20)23/h7,10-18,23H,1,8-9,19H2,2-6H3. The SMILES string of the molecule is C=CCOc1c(C(C)(C)C)cccc1[Si](CC)(CC)C1C=Cc2ccccc21. The first-order valence-electron chi connectivity index (χ1n) is 10.5. The summed E-state index contributed by atoms with van der Waals surface area (Å²) in [7, 11) is -1.89. The van der Waals surface area contributed by atoms with Gasteiger partial charge in [0.05, 0.1) is 0 Å². The van der Waals surface area contributed by atoms with Gasteiger partial charge in [0.15, 0.2) is 0 Å². The van der Waals surface area contributed by atoms with E-state index in [0.29, 0.717) is 12.1 Å². The number of fused-ring (bicyclic) bond motifs is 1. The van der Waals surface area contributed by atoms with E-state index in [1.54, 1.807) is 0 Å². The van der Waals surface area contributed by atoms with Crippen molar-refractivity contribution >= 4 is 19.3 Å². The molecule has 3 rings (SSSR count). The molecule has 0 radical (unpaired) electrons. The Balaban J connectivity index is 2.23. The van der Waals surface area contributed by atoms with Gasteiger partial charge in [0.1, 0.15) is 20.4 Å². The van der Waals surface area contributed by atoms with Crippen LogP contribution in [0.4, 0.5) is 0 Å². The molecule has 0 saturated carbocycles. The highest BCUT2D eigenvalue weighted by Crippen LogP contribution is 2.43. The van der Waals surface area contributed by atoms with Crippen LogP contribution in [0.25, 0.3) is 6.08 Å². The van der Waals surface area contributed by atoms with Crippen molar-refractivity contribution in [2.24, 2.45) is 0 Å². The maximum Gasteiger partial charge on any atom is 0.122 e. The van der Waals surface area contributed by atoms with E-state index in [9.17, 15) is 0 Å². The van der Waals surface area contributed by atoms with Crippen LogP contribution in [-0.4, -0.2) is 14.7 Å². The molecule has 1 aliphatic carbocycles. The average molecular weight is 391 g/mol. The van der Waals surface area contributed by atoms with Crippen LogP contribution in [0.2, 0.25) is 12.1 Å². The van der Waals surface area contributed by atoms with Crippen LogP contribution in [0.1, 0.15) is 56.9 Å². The Morgan fingerprint density at radius 2 is 1.75 bits per heavy atom. The molecule has 0 N–H and O–H groups in total. The third-order valence-electron chi connectivity index (χ3n) is 6.36. The summed E-state index contributed by atoms with van der Waals surface area (Å²) in [6.45, 7) is 16.0. The summed E-state index contributed by atoms with van der Waals surface area (Å²) in [4.78, 5) is 0. The molecule has 0 fully saturated rings. The van der Waals surface area contributed by atoms with Crippen LogP contribution >= 0.6 is 0 Å². The molecule has 0 spiro atoms. The van der Waals surface area contributed by atoms with E-state index in [1.807, 2.05) is 6.08 Å². The second kappa shape index (κ2) is 8.12. The zero-order chi connectivity index (χ0) is 20.4. The van der Waals surface area contributed by atoms with E-state index in [-0.39, 0.29) is 5.41 Å². The minimum absolute atomic E-state index is 0.0392. The molecule has 2 heteroatoms. The van der Waals surface area contributed by atoms with E-state index >= 15 is 0 Å². The molecule has 1 nitrogen and oxygen atoms in total. The van der Waals surface area contributed by atoms with Gasteiger partial charge in [-0.15, -0.1) is 0 Å². The van der Waals surface area contributed by atoms with E-state index in [4.69, 9.17) is 4.74 Å². The summed E-state index contributed by atoms with van der Waals surface area (Å²) in [6.07, 6.45) is 6.64. The maximum absolute atomic E-state index is 6.39. The fraction of sp³-hybridized carbons (Fsp3) is 0.385. The Labute approximate surface area is 172 Å². The number of hydrogen-bond donors (Lipinski definition) is 0. The Kier molecular flexibility index (Phi) is 6.00. The van der Waals surface area contributed by atoms with E-state index in [1.165, 1.54) is 34.0 Å². The van der Waals surface area contributed by atoms with Crippen LogP contribution in [0, 0.1) is 0 Å². The summed E-state index contributed by atoms with van der Waals surface area (Å²) in [5.41, 5.74) is 4.72. The molecule has 28 heavy (non-hydrogen) atoms. The first kappa shape index (κ1) is 20.7. The van der Waals surface area contributed by atoms with Gasteiger partial charge >= 0.3 is 0 Å². The molecule has 2 aromatic carbocycles. The summed E-state index contributed by atoms with van der Waals surface area (Å²) >= 11 is 0. The molecule has 0 aromatic heterocycles. The van der Waals surface area contributed by atoms with Crippen LogP contribution < -0.4 is 9.92 Å². The van der Waals surface area contributed by atoms with Gasteiger partial charge < -0.3 is 4.74 Å². The lowest BCUT2D eigenvalue weighted by atomic mass is 9.86. The number of ether oxygens (including phenoxy) is 1. The second-order valence-electron chi connectivity index (χ2n) is 8.86. The Morgan fingerprint density at radius 3 is 2.39 bits per heavy atom. The number of allylic oxidation sites excluding steroid dienone is 1. The summed E-state index contributed by atoms with van der Waals surface area (Å²) in [6, 6.07) is 18.1. The molecule has 0 heterocycles. The van der Waals surface area contributed by atoms with Crippen molar-refractivity contribution in [2.45, 2.75) is 57.7 Å². The van der Waals surface area contributed by atoms with E-state index in [0.717, 1.165) is 5.75 Å². The molecule has 148 valence electrons. The molecule has 0 bridgehead atoms. The van der Waals surface area contributed by atoms with E-state index < -0.39 is 8.07 Å². The van der Waals surface area contributed by atoms with Crippen molar-refractivity contribution in [3.8, 4) is 5.75 Å². The van der Waals surface area contributed by atoms with Crippen molar-refractivity contribution in [1.82, 2.24) is 0 Å². The first-order chi connectivity index (χ1) is 13.4. The van der Waals surface area contributed by atoms with Crippen LogP contribution in [0.15, 0.2) is 61.2 Å². The molecule has 2 aromatic rings. The summed E-state index contributed by atoms with van der Waals surface area (Å²) in [5.74, 6) is 1.11. The largest absolute Gasteiger partial charge is 0.489 e. The van der Waals surface area contributed by atoms with Crippen molar-refractivity contribution < 1.29 is 4.74 Å². The van der Waals surface area contributed by atoms with Gasteiger partial charge in [-0.1, -0.05) is 114 Å². The monoisotopic (exact) mass is 390 g/mol. The Bertz CT molecular complexity index is 868. The quantitative estimate of drug-likeness (QED) is 0.382. The summed E-state index contributed by atoms with van der Waals surface area (Å²) < 4.78 is 6.39. The van der Waals surface area contributed by atoms with Crippen molar-refractivity contribution in [2.75, 3.05) is 6.61 Å². The number of hydrogen-bond acceptors (Lipinski definition) is 1. The smallest absolute Gasteiger partial charge is 0.122 e. The predicted octanol–water partition coefficient (Wildman–Crippen LogP) is 6.59. The molecule has 1 aliphatic rings. The van der Waals surface area contributed by atoms with Gasteiger partial charge in [0.2, 0.25) is 0 Å². The molecular weight excluding hydrogens is 356 g/mol. The molecule has 0 saturated heterocycles. The fourth-order valence-corrected chi connectivity index (χ4v) is 9.67. The zero-order valence-corrected chi connectivity index (χ0v) is 19.1. The lowest BCUT2D eigenvalue weighted by Crippen LogP contribution is -2.52. The molecule has 1 atom stereocenters. The molecule has 0 aliphatic heterocycles. The maximum atomic E-state index is 6.39. The van der Waals surface area contributed by atoms with Gasteiger partial charge in [-0.3, -0.25) is 0 Å². The van der Waals surface area contributed by atoms with Gasteiger partial charge in [-0.2, -0.15) is 0 Å². The van der Waals surface area contributed by atoms with Crippen LogP contribution in [-0.2, 0) is 5.41 Å². The fourth-order valence-electron chi connectivity index (χ4n) is 4.79. The normalized spacial score (nSPS) is 16.1. The number of rotatable bonds is 7. The lowest BCUT2D eigenvalue weighted by Gasteiger charge is -2.38. The topological polar surface area (TPSA) is 9.23 Å². The Hall–Kier alpha value is -2.06. The Morgan fingerprint density at radius 1 is 1.04 bits per heavy atom. The van der Waals surface area contributed by atoms with Crippen LogP contribution in [0.5, 0.6) is 5.75 Å². The third kappa shape index (κ3) is 3.51. The van der Waals surface area contributed by atoms with E-state index in [2.05, 4.69) is 95.8 Å². The van der Waals surface area contributed by atoms with Crippen LogP contribution in [0.3, 0.4) is 0 Å². The van der Waals surface area contributed by atoms with Crippen molar-refractivity contribution in [3.63, 3.8) is 0 Å². The number of benzene rings is 2. The minimum Gasteiger partial charge on any atom is -0.489 e. The van der Waals surface area contributed by atoms with Crippen molar-refractivity contribution in [1.29, 1.82) is 0 Å². The highest BCUT2D eigenvalue weighted by atomic mass is 28.3. The molecule has 1 unspecified atom stereocenters. The zero-order valence-electron chi connectivity index (χ0n) is 18.1. The predicted molar refractivity (Wildman–Crippen MR) is 125 cm³/mol. The van der Waals surface area contributed by atoms with Gasteiger partial charge in [-0.05, 0) is 27.3 Å². The highest BCUT2D eigenvalue weighted by Gasteiger charge is 2.44. The minimum atomic E-state index is -1.89. The molecule has 0 amide bonds. The summed E-state index contributed by atoms with van der Waals surface area (Å²) in [5, 5.41) is 1.47. The average Bonchev–Trinajstić information content (AvgIpc) is 3.12. The highest BCUT2D eigenvalue weighted by molar-refractivity contribution is 6.94. The second-order valence-corrected chi connectivity index (χ2v) is 13.7. The third-order valence-corrected chi connectivity index (χ3v) is 12.0. The van der Waals surface area contributed by atoms with Gasteiger partial charge in [0.25, 0.3) is 0 Å². The first-order valence-corrected chi connectivity index (χ1v) is 13.0. The van der Waals surface area contributed by atoms with Gasteiger partial charge in [-0.25, -0.2) is 0 Å². The van der Waals surface area contributed by atoms with Gasteiger partial charge in [0, 0.05) is 5.54 Å². The number of para-hydroxylation sites is 1. The lowest BCUT2D eigenvalue weighted by molar-refractivity contribution is 0.353. The molecular formula is C26H34OSi. The van der Waals surface area contributed by atoms with Crippen molar-refractivity contribution in [3.05, 3.63) is 77.9 Å².